The molecule has 0 radical (unpaired) electrons. The molecule has 0 amide bonds. The van der Waals surface area contributed by atoms with Crippen molar-refractivity contribution in [3.63, 3.8) is 0 Å². The van der Waals surface area contributed by atoms with Crippen LogP contribution in [0.2, 0.25) is 0 Å². The average molecular weight is 426 g/mol. The van der Waals surface area contributed by atoms with Gasteiger partial charge in [-0.2, -0.15) is 0 Å². The average Bonchev–Trinajstić information content (AvgIpc) is 3.30. The van der Waals surface area contributed by atoms with Gasteiger partial charge in [0.15, 0.2) is 5.58 Å². The summed E-state index contributed by atoms with van der Waals surface area (Å²) >= 11 is 0. The topological polar surface area (TPSA) is 64.2 Å². The maximum Gasteiger partial charge on any atom is 0.256 e. The van der Waals surface area contributed by atoms with Crippen LogP contribution in [-0.2, 0) is 19.3 Å². The first-order valence-corrected chi connectivity index (χ1v) is 9.23. The molecular formula is C23H27FN4O2. The van der Waals surface area contributed by atoms with Gasteiger partial charge in [-0.1, -0.05) is 5.16 Å². The summed E-state index contributed by atoms with van der Waals surface area (Å²) in [4.78, 5) is 17.0. The molecule has 7 heteroatoms. The number of likely N-dealkylation sites (tertiary alicyclic amines) is 1. The molecule has 0 N–H and O–H groups in total. The zero-order chi connectivity index (χ0) is 34.1. The van der Waals surface area contributed by atoms with Gasteiger partial charge < -0.3 is 9.42 Å². The van der Waals surface area contributed by atoms with Crippen molar-refractivity contribution in [2.45, 2.75) is 57.7 Å². The minimum absolute atomic E-state index is 0.00504. The number of aryl methyl sites for hydroxylation is 2. The number of nitrogens with zero attached hydrogens (tertiary/aromatic N) is 4. The lowest BCUT2D eigenvalue weighted by Gasteiger charge is -2.31. The largest absolute Gasteiger partial charge is 0.356 e. The third-order valence-electron chi connectivity index (χ3n) is 4.74. The maximum absolute atomic E-state index is 13.8. The zero-order valence-electron chi connectivity index (χ0n) is 30.8. The van der Waals surface area contributed by atoms with Gasteiger partial charge in [0.1, 0.15) is 11.6 Å². The molecule has 6 nitrogen and oxygen atoms in total. The Kier molecular flexibility index (Phi) is 2.36. The van der Waals surface area contributed by atoms with Gasteiger partial charge in [0.05, 0.1) is 5.69 Å². The number of halogens is 1. The number of fused-ring (bicyclic) bond motifs is 2. The summed E-state index contributed by atoms with van der Waals surface area (Å²) < 4.78 is 150. The fourth-order valence-electron chi connectivity index (χ4n) is 3.25. The van der Waals surface area contributed by atoms with Crippen molar-refractivity contribution >= 4 is 11.0 Å². The Hall–Kier alpha value is -2.54. The van der Waals surface area contributed by atoms with Gasteiger partial charge in [-0.3, -0.25) is 9.36 Å². The minimum atomic E-state index is -4.08. The van der Waals surface area contributed by atoms with Gasteiger partial charge in [-0.25, -0.2) is 9.37 Å². The van der Waals surface area contributed by atoms with Crippen LogP contribution in [0, 0.1) is 12.7 Å². The predicted octanol–water partition coefficient (Wildman–Crippen LogP) is 3.59. The lowest BCUT2D eigenvalue weighted by molar-refractivity contribution is 0.211. The molecule has 1 aromatic carbocycles. The van der Waals surface area contributed by atoms with Gasteiger partial charge in [-0.15, -0.1) is 0 Å². The second kappa shape index (κ2) is 7.95. The Morgan fingerprint density at radius 3 is 3.03 bits per heavy atom. The van der Waals surface area contributed by atoms with E-state index < -0.39 is 89.7 Å². The fraction of sp³-hybridized carbons (Fsp3) is 0.522. The molecule has 2 aliphatic rings. The molecule has 0 bridgehead atoms. The summed E-state index contributed by atoms with van der Waals surface area (Å²) in [7, 11) is 0. The number of piperidine rings is 1. The minimum Gasteiger partial charge on any atom is -0.356 e. The molecule has 1 fully saturated rings. The fourth-order valence-corrected chi connectivity index (χ4v) is 3.25. The van der Waals surface area contributed by atoms with E-state index in [1.54, 1.807) is 0 Å². The summed E-state index contributed by atoms with van der Waals surface area (Å²) in [5, 5.41) is 3.16. The molecule has 0 unspecified atom stereocenters. The Labute approximate surface area is 195 Å². The van der Waals surface area contributed by atoms with Crippen molar-refractivity contribution in [2.75, 3.05) is 19.5 Å². The van der Waals surface area contributed by atoms with Gasteiger partial charge >= 0.3 is 0 Å². The zero-order valence-corrected chi connectivity index (χ0v) is 15.8. The van der Waals surface area contributed by atoms with E-state index in [2.05, 4.69) is 10.1 Å². The van der Waals surface area contributed by atoms with Crippen LogP contribution in [0.15, 0.2) is 27.5 Å². The molecule has 5 rings (SSSR count). The highest BCUT2D eigenvalue weighted by Crippen LogP contribution is 2.32. The molecular weight excluding hydrogens is 383 g/mol. The Morgan fingerprint density at radius 2 is 2.20 bits per heavy atom. The van der Waals surface area contributed by atoms with Crippen LogP contribution in [0.5, 0.6) is 0 Å². The van der Waals surface area contributed by atoms with E-state index in [0.717, 1.165) is 29.7 Å². The quantitative estimate of drug-likeness (QED) is 0.639. The van der Waals surface area contributed by atoms with Gasteiger partial charge in [-0.05, 0) is 64.0 Å². The summed E-state index contributed by atoms with van der Waals surface area (Å²) in [6.45, 7) is -11.2. The van der Waals surface area contributed by atoms with E-state index in [0.29, 0.717) is 0 Å². The molecule has 0 saturated carbocycles. The molecule has 2 aromatic heterocycles. The van der Waals surface area contributed by atoms with Gasteiger partial charge in [0, 0.05) is 68.6 Å². The first kappa shape index (κ1) is 8.91. The van der Waals surface area contributed by atoms with Gasteiger partial charge in [0.25, 0.3) is 5.56 Å². The van der Waals surface area contributed by atoms with Gasteiger partial charge in [0.2, 0.25) is 0 Å². The number of benzene rings is 1. The summed E-state index contributed by atoms with van der Waals surface area (Å²) in [6.07, 6.45) is -13.6. The highest BCUT2D eigenvalue weighted by Gasteiger charge is 2.25. The summed E-state index contributed by atoms with van der Waals surface area (Å²) in [5.74, 6) is -4.85. The molecule has 0 spiro atoms. The monoisotopic (exact) mass is 425 g/mol. The lowest BCUT2D eigenvalue weighted by Crippen LogP contribution is -2.37. The third-order valence-corrected chi connectivity index (χ3v) is 4.74. The first-order chi connectivity index (χ1) is 20.2. The highest BCUT2D eigenvalue weighted by atomic mass is 19.1. The van der Waals surface area contributed by atoms with Crippen molar-refractivity contribution in [1.82, 2.24) is 19.6 Å². The Morgan fingerprint density at radius 1 is 1.37 bits per heavy atom. The van der Waals surface area contributed by atoms with Crippen LogP contribution in [-0.4, -0.2) is 39.1 Å². The SMILES string of the molecule is [2H]C1([2H])CCCn2c1nc(C)c(C([2H])([2H])C([2H])([2H])N1C([2H])([2H])C([2H])([2H])C([2H])(c3noc4cc(F)ccc34)C([2H])([2H])C1([2H])[2H])c2=O. The Bertz CT molecular complexity index is 1740. The Balaban J connectivity index is 1.75. The van der Waals surface area contributed by atoms with E-state index in [4.69, 9.17) is 25.1 Å². The molecule has 4 heterocycles. The number of rotatable bonds is 4. The lowest BCUT2D eigenvalue weighted by atomic mass is 9.91. The standard InChI is InChI=1S/C23H27FN4O2/c1-15-18(23(29)28-10-3-2-4-21(28)25-15)9-13-27-11-7-16(8-12-27)22-19-6-5-17(24)14-20(19)30-26-22/h5-6,14,16H,2-4,7-13H2,1H3/i4D2,7D2,8D2,9D2,11D2,12D2,13D2,16D. The van der Waals surface area contributed by atoms with Crippen molar-refractivity contribution in [3.05, 3.63) is 57.1 Å². The number of hydrogen-bond donors (Lipinski definition) is 0. The highest BCUT2D eigenvalue weighted by molar-refractivity contribution is 5.79. The van der Waals surface area contributed by atoms with E-state index in [-0.39, 0.29) is 30.6 Å². The smallest absolute Gasteiger partial charge is 0.256 e. The first-order valence-electron chi connectivity index (χ1n) is 16.7. The normalized spacial score (nSPS) is 35.9. The van der Waals surface area contributed by atoms with Crippen molar-refractivity contribution in [3.8, 4) is 0 Å². The van der Waals surface area contributed by atoms with Crippen LogP contribution < -0.4 is 5.56 Å². The predicted molar refractivity (Wildman–Crippen MR) is 112 cm³/mol. The van der Waals surface area contributed by atoms with E-state index in [9.17, 15) is 9.18 Å². The van der Waals surface area contributed by atoms with E-state index >= 15 is 0 Å². The molecule has 3 aromatic rings. The second-order valence-electron chi connectivity index (χ2n) is 6.73. The third kappa shape index (κ3) is 3.55. The molecule has 2 aliphatic heterocycles. The number of aromatic nitrogens is 3. The van der Waals surface area contributed by atoms with Crippen LogP contribution in [0.3, 0.4) is 0 Å². The molecule has 0 atom stereocenters. The van der Waals surface area contributed by atoms with E-state index in [1.165, 1.54) is 0 Å². The number of hydrogen-bond acceptors (Lipinski definition) is 5. The van der Waals surface area contributed by atoms with Crippen molar-refractivity contribution in [2.24, 2.45) is 0 Å². The van der Waals surface area contributed by atoms with Crippen LogP contribution in [0.25, 0.3) is 11.0 Å². The summed E-state index contributed by atoms with van der Waals surface area (Å²) in [5.41, 5.74) is -4.10. The summed E-state index contributed by atoms with van der Waals surface area (Å²) in [6, 6.07) is 2.59. The van der Waals surface area contributed by atoms with Crippen LogP contribution >= 0.6 is 0 Å². The molecule has 158 valence electrons. The second-order valence-corrected chi connectivity index (χ2v) is 6.73. The van der Waals surface area contributed by atoms with E-state index in [1.807, 2.05) is 0 Å². The van der Waals surface area contributed by atoms with Crippen LogP contribution in [0.1, 0.15) is 74.8 Å². The molecule has 1 saturated heterocycles. The van der Waals surface area contributed by atoms with Crippen molar-refractivity contribution in [1.29, 1.82) is 0 Å². The maximum atomic E-state index is 13.8. The van der Waals surface area contributed by atoms with Crippen LogP contribution in [0.4, 0.5) is 4.39 Å². The molecule has 0 aliphatic carbocycles. The van der Waals surface area contributed by atoms with Crippen molar-refractivity contribution < 1.29 is 29.5 Å². The molecule has 30 heavy (non-hydrogen) atoms.